The van der Waals surface area contributed by atoms with Crippen LogP contribution in [0.25, 0.3) is 5.57 Å². The molecule has 0 amide bonds. The molecule has 1 unspecified atom stereocenters. The Morgan fingerprint density at radius 1 is 1.11 bits per heavy atom. The van der Waals surface area contributed by atoms with Gasteiger partial charge in [0.05, 0.1) is 5.54 Å². The zero-order valence-electron chi connectivity index (χ0n) is 17.0. The number of rotatable bonds is 1. The van der Waals surface area contributed by atoms with Gasteiger partial charge >= 0.3 is 45.5 Å². The van der Waals surface area contributed by atoms with Crippen molar-refractivity contribution >= 4 is 44.1 Å². The fraction of sp³-hybridized carbons (Fsp3) is 0.300. The van der Waals surface area contributed by atoms with Crippen molar-refractivity contribution in [3.63, 3.8) is 0 Å². The van der Waals surface area contributed by atoms with E-state index in [9.17, 15) is 4.21 Å². The first-order valence-corrected chi connectivity index (χ1v) is 12.0. The number of allylic oxidation sites excluding steroid dienone is 1. The van der Waals surface area contributed by atoms with Crippen LogP contribution in [-0.2, 0) is 11.7 Å². The Labute approximate surface area is 178 Å². The molecule has 0 saturated carbocycles. The fourth-order valence-corrected chi connectivity index (χ4v) is 2.78. The molecule has 6 nitrogen and oxygen atoms in total. The molecule has 150 valence electrons. The van der Waals surface area contributed by atoms with E-state index >= 15 is 0 Å². The Kier molecular flexibility index (Phi) is 9.13. The van der Waals surface area contributed by atoms with Gasteiger partial charge in [-0.3, -0.25) is 0 Å². The van der Waals surface area contributed by atoms with Crippen molar-refractivity contribution in [3.05, 3.63) is 65.2 Å². The molecule has 2 aromatic rings. The van der Waals surface area contributed by atoms with Crippen molar-refractivity contribution in [1.82, 2.24) is 0 Å². The van der Waals surface area contributed by atoms with Crippen LogP contribution in [0.15, 0.2) is 48.5 Å². The Morgan fingerprint density at radius 3 is 2.14 bits per heavy atom. The van der Waals surface area contributed by atoms with Crippen LogP contribution in [0, 0.1) is 13.8 Å². The average Bonchev–Trinajstić information content (AvgIpc) is 2.53. The molecule has 1 aliphatic heterocycles. The summed E-state index contributed by atoms with van der Waals surface area (Å²) in [7, 11) is -3.33. The summed E-state index contributed by atoms with van der Waals surface area (Å²) in [5.41, 5.74) is 12.8. The van der Waals surface area contributed by atoms with E-state index in [1.807, 2.05) is 31.2 Å². The van der Waals surface area contributed by atoms with Crippen LogP contribution in [0.3, 0.4) is 0 Å². The SMILES string of the molecule is CC1=CC(C)(C)Nc2cc(C)ccc21.Cc1cccc(N)c1.O=[S](O)(=[Mg])OO. The Morgan fingerprint density at radius 2 is 1.68 bits per heavy atom. The molecule has 5 N–H and O–H groups in total. The molecular weight excluding hydrogens is 389 g/mol. The van der Waals surface area contributed by atoms with Crippen molar-refractivity contribution in [2.75, 3.05) is 11.1 Å². The molecular formula is C20H28MgN2O4S. The second-order valence-corrected chi connectivity index (χ2v) is 10.8. The van der Waals surface area contributed by atoms with Crippen molar-refractivity contribution in [3.8, 4) is 0 Å². The van der Waals surface area contributed by atoms with Crippen molar-refractivity contribution < 1.29 is 18.4 Å². The molecule has 0 spiro atoms. The molecule has 3 rings (SSSR count). The van der Waals surface area contributed by atoms with E-state index in [-0.39, 0.29) is 5.54 Å². The summed E-state index contributed by atoms with van der Waals surface area (Å²) in [5, 5.41) is 10.9. The third-order valence-corrected chi connectivity index (χ3v) is 4.34. The number of aryl methyl sites for hydroxylation is 2. The predicted molar refractivity (Wildman–Crippen MR) is 118 cm³/mol. The summed E-state index contributed by atoms with van der Waals surface area (Å²) in [5.74, 6) is 0. The van der Waals surface area contributed by atoms with Gasteiger partial charge in [0, 0.05) is 16.9 Å². The minimum atomic E-state index is -3.33. The first-order valence-electron chi connectivity index (χ1n) is 8.66. The molecule has 0 fully saturated rings. The van der Waals surface area contributed by atoms with Crippen LogP contribution in [0.2, 0.25) is 0 Å². The molecule has 0 bridgehead atoms. The average molecular weight is 417 g/mol. The van der Waals surface area contributed by atoms with Crippen LogP contribution in [0.4, 0.5) is 11.4 Å². The predicted octanol–water partition coefficient (Wildman–Crippen LogP) is 4.41. The molecule has 0 saturated heterocycles. The van der Waals surface area contributed by atoms with Crippen LogP contribution < -0.4 is 11.1 Å². The third kappa shape index (κ3) is 9.18. The molecule has 0 radical (unpaired) electrons. The number of nitrogens with one attached hydrogen (secondary N) is 1. The maximum absolute atomic E-state index is 9.65. The Balaban J connectivity index is 0.000000238. The quantitative estimate of drug-likeness (QED) is 0.237. The number of anilines is 2. The van der Waals surface area contributed by atoms with Crippen LogP contribution >= 0.6 is 0 Å². The second kappa shape index (κ2) is 10.4. The summed E-state index contributed by atoms with van der Waals surface area (Å²) in [6.45, 7) is 10.7. The van der Waals surface area contributed by atoms with Gasteiger partial charge < -0.3 is 11.1 Å². The minimum absolute atomic E-state index is 0.0743. The van der Waals surface area contributed by atoms with Gasteiger partial charge in [-0.15, -0.1) is 0 Å². The molecule has 0 aromatic heterocycles. The summed E-state index contributed by atoms with van der Waals surface area (Å²) >= 11 is 0.671. The Hall–Kier alpha value is -1.42. The van der Waals surface area contributed by atoms with Crippen LogP contribution in [0.1, 0.15) is 37.5 Å². The number of nitrogen functional groups attached to an aromatic ring is 1. The molecule has 28 heavy (non-hydrogen) atoms. The molecule has 1 atom stereocenters. The first kappa shape index (κ1) is 24.6. The zero-order chi connectivity index (χ0) is 21.5. The van der Waals surface area contributed by atoms with Gasteiger partial charge in [0.15, 0.2) is 0 Å². The zero-order valence-corrected chi connectivity index (χ0v) is 19.3. The topological polar surface area (TPSA) is 105 Å². The number of hydrogen-bond donors (Lipinski definition) is 4. The van der Waals surface area contributed by atoms with Gasteiger partial charge in [0.25, 0.3) is 0 Å². The van der Waals surface area contributed by atoms with Gasteiger partial charge in [-0.1, -0.05) is 30.3 Å². The first-order chi connectivity index (χ1) is 12.8. The van der Waals surface area contributed by atoms with Gasteiger partial charge in [0.1, 0.15) is 0 Å². The number of hydrogen-bond acceptors (Lipinski definition) is 5. The van der Waals surface area contributed by atoms with Crippen molar-refractivity contribution in [2.45, 2.75) is 40.2 Å². The summed E-state index contributed by atoms with van der Waals surface area (Å²) in [4.78, 5) is 0. The normalized spacial score (nSPS) is 16.0. The molecule has 2 aromatic carbocycles. The number of nitrogens with two attached hydrogens (primary N) is 1. The van der Waals surface area contributed by atoms with Crippen molar-refractivity contribution in [1.29, 1.82) is 0 Å². The van der Waals surface area contributed by atoms with E-state index in [0.717, 1.165) is 5.69 Å². The standard InChI is InChI=1S/C13H17N.C7H9N.Mg.H2O4S/c1-9-5-6-11-10(2)8-13(3,4)14-12(11)7-9;1-6-3-2-4-7(8)5-6;;1-4-5(2)3/h5-8,14H,1-4H3;2-5H,8H2,1H3;;1H,(H,2,3). The molecule has 0 aliphatic carbocycles. The van der Waals surface area contributed by atoms with Crippen LogP contribution in [-0.4, -0.2) is 39.4 Å². The van der Waals surface area contributed by atoms with E-state index in [4.69, 9.17) is 15.5 Å². The number of fused-ring (bicyclic) bond motifs is 1. The van der Waals surface area contributed by atoms with Gasteiger partial charge in [-0.25, -0.2) is 0 Å². The number of benzene rings is 2. The third-order valence-electron chi connectivity index (χ3n) is 3.79. The van der Waals surface area contributed by atoms with E-state index in [2.05, 4.69) is 61.6 Å². The molecule has 8 heteroatoms. The van der Waals surface area contributed by atoms with E-state index in [1.165, 1.54) is 28.0 Å². The Bertz CT molecular complexity index is 924. The van der Waals surface area contributed by atoms with Crippen molar-refractivity contribution in [2.24, 2.45) is 0 Å². The van der Waals surface area contributed by atoms with E-state index < -0.39 is 7.32 Å². The molecule has 1 heterocycles. The monoisotopic (exact) mass is 416 g/mol. The second-order valence-electron chi connectivity index (χ2n) is 7.29. The van der Waals surface area contributed by atoms with Gasteiger partial charge in [-0.2, -0.15) is 0 Å². The van der Waals surface area contributed by atoms with E-state index in [1.54, 1.807) is 0 Å². The van der Waals surface area contributed by atoms with E-state index in [0.29, 0.717) is 19.8 Å². The summed E-state index contributed by atoms with van der Waals surface area (Å²) in [6.07, 6.45) is 2.28. The summed E-state index contributed by atoms with van der Waals surface area (Å²) in [6, 6.07) is 14.4. The summed E-state index contributed by atoms with van der Waals surface area (Å²) < 4.78 is 20.6. The van der Waals surface area contributed by atoms with Gasteiger partial charge in [0.2, 0.25) is 0 Å². The van der Waals surface area contributed by atoms with Crippen LogP contribution in [0.5, 0.6) is 0 Å². The fourth-order valence-electron chi connectivity index (χ4n) is 2.78. The molecule has 1 aliphatic rings. The van der Waals surface area contributed by atoms with Gasteiger partial charge in [-0.05, 0) is 69.5 Å². The maximum atomic E-state index is 9.65.